The van der Waals surface area contributed by atoms with Crippen LogP contribution in [0.5, 0.6) is 0 Å². The van der Waals surface area contributed by atoms with Crippen molar-refractivity contribution < 1.29 is 4.79 Å². The largest absolute Gasteiger partial charge is 0.360 e. The first-order chi connectivity index (χ1) is 9.74. The van der Waals surface area contributed by atoms with Crippen LogP contribution in [0.2, 0.25) is 0 Å². The van der Waals surface area contributed by atoms with Crippen LogP contribution in [0.1, 0.15) is 24.0 Å². The van der Waals surface area contributed by atoms with Gasteiger partial charge in [0.1, 0.15) is 0 Å². The minimum Gasteiger partial charge on any atom is -0.360 e. The molecule has 4 nitrogen and oxygen atoms in total. The Kier molecular flexibility index (Phi) is 2.33. The Balaban J connectivity index is 1.83. The van der Waals surface area contributed by atoms with Crippen LogP contribution in [-0.4, -0.2) is 16.6 Å². The fourth-order valence-corrected chi connectivity index (χ4v) is 2.76. The van der Waals surface area contributed by atoms with Crippen LogP contribution < -0.4 is 5.43 Å². The van der Waals surface area contributed by atoms with Crippen LogP contribution in [0.3, 0.4) is 0 Å². The molecule has 0 bridgehead atoms. The Hall–Kier alpha value is -2.36. The van der Waals surface area contributed by atoms with Gasteiger partial charge in [0, 0.05) is 28.6 Å². The van der Waals surface area contributed by atoms with Crippen molar-refractivity contribution in [3.05, 3.63) is 41.1 Å². The van der Waals surface area contributed by atoms with E-state index in [4.69, 9.17) is 0 Å². The molecule has 0 unspecified atom stereocenters. The van der Waals surface area contributed by atoms with Crippen molar-refractivity contribution in [2.75, 3.05) is 0 Å². The van der Waals surface area contributed by atoms with Crippen LogP contribution >= 0.6 is 0 Å². The Morgan fingerprint density at radius 3 is 3.00 bits per heavy atom. The van der Waals surface area contributed by atoms with Gasteiger partial charge in [0.15, 0.2) is 0 Å². The second-order valence-electron chi connectivity index (χ2n) is 5.51. The van der Waals surface area contributed by atoms with Crippen LogP contribution in [-0.2, 0) is 4.79 Å². The number of rotatable bonds is 2. The second-order valence-corrected chi connectivity index (χ2v) is 5.51. The number of aromatic nitrogens is 1. The van der Waals surface area contributed by atoms with Crippen LogP contribution in [0, 0.1) is 12.8 Å². The Morgan fingerprint density at radius 2 is 2.20 bits per heavy atom. The van der Waals surface area contributed by atoms with Crippen molar-refractivity contribution in [1.29, 1.82) is 0 Å². The molecule has 20 heavy (non-hydrogen) atoms. The Labute approximate surface area is 116 Å². The fourth-order valence-electron chi connectivity index (χ4n) is 2.76. The van der Waals surface area contributed by atoms with Gasteiger partial charge >= 0.3 is 0 Å². The third-order valence-corrected chi connectivity index (χ3v) is 4.02. The number of para-hydroxylation sites is 1. The number of hydrogen-bond acceptors (Lipinski definition) is 2. The molecule has 100 valence electrons. The normalized spacial score (nSPS) is 20.6. The summed E-state index contributed by atoms with van der Waals surface area (Å²) in [5, 5.41) is 5.32. The molecule has 0 atom stereocenters. The fraction of sp³-hybridized carbons (Fsp3) is 0.250. The Bertz CT molecular complexity index is 778. The molecule has 1 amide bonds. The topological polar surface area (TPSA) is 57.2 Å². The summed E-state index contributed by atoms with van der Waals surface area (Å²) < 4.78 is 0. The summed E-state index contributed by atoms with van der Waals surface area (Å²) >= 11 is 0. The lowest BCUT2D eigenvalue weighted by molar-refractivity contribution is -0.116. The quantitative estimate of drug-likeness (QED) is 0.806. The van der Waals surface area contributed by atoms with Gasteiger partial charge < -0.3 is 4.98 Å². The maximum absolute atomic E-state index is 11.9. The highest BCUT2D eigenvalue weighted by atomic mass is 16.2. The predicted molar refractivity (Wildman–Crippen MR) is 79.3 cm³/mol. The van der Waals surface area contributed by atoms with Gasteiger partial charge in [-0.05, 0) is 31.4 Å². The molecule has 1 fully saturated rings. The smallest absolute Gasteiger partial charge is 0.273 e. The average molecular weight is 265 g/mol. The highest BCUT2D eigenvalue weighted by Crippen LogP contribution is 2.35. The zero-order valence-corrected chi connectivity index (χ0v) is 11.2. The second kappa shape index (κ2) is 4.07. The number of aromatic amines is 1. The number of nitrogens with one attached hydrogen (secondary N) is 2. The molecule has 1 aliphatic heterocycles. The van der Waals surface area contributed by atoms with E-state index in [-0.39, 0.29) is 5.91 Å². The summed E-state index contributed by atoms with van der Waals surface area (Å²) in [5.41, 5.74) is 7.61. The number of aryl methyl sites for hydroxylation is 1. The molecule has 4 heteroatoms. The van der Waals surface area contributed by atoms with E-state index in [1.807, 2.05) is 18.3 Å². The number of H-pyrrole nitrogens is 1. The van der Waals surface area contributed by atoms with Crippen molar-refractivity contribution in [1.82, 2.24) is 10.4 Å². The van der Waals surface area contributed by atoms with E-state index in [2.05, 4.69) is 34.6 Å². The number of hydrogen-bond donors (Lipinski definition) is 2. The molecule has 0 spiro atoms. The van der Waals surface area contributed by atoms with E-state index in [1.165, 1.54) is 5.56 Å². The van der Waals surface area contributed by atoms with Crippen molar-refractivity contribution >= 4 is 28.6 Å². The number of nitrogens with zero attached hydrogens (tertiary/aromatic N) is 1. The molecule has 2 aromatic rings. The first-order valence-electron chi connectivity index (χ1n) is 6.91. The zero-order valence-electron chi connectivity index (χ0n) is 11.2. The number of carbonyl (C=O) groups is 1. The minimum atomic E-state index is -0.0890. The van der Waals surface area contributed by atoms with Crippen molar-refractivity contribution in [3.8, 4) is 0 Å². The molecule has 2 heterocycles. The van der Waals surface area contributed by atoms with Gasteiger partial charge in [0.2, 0.25) is 0 Å². The molecule has 1 saturated carbocycles. The van der Waals surface area contributed by atoms with E-state index in [9.17, 15) is 4.79 Å². The maximum Gasteiger partial charge on any atom is 0.273 e. The van der Waals surface area contributed by atoms with Gasteiger partial charge in [-0.2, -0.15) is 5.10 Å². The zero-order chi connectivity index (χ0) is 13.7. The van der Waals surface area contributed by atoms with Gasteiger partial charge in [-0.1, -0.05) is 18.2 Å². The van der Waals surface area contributed by atoms with Gasteiger partial charge in [0.05, 0.1) is 11.3 Å². The van der Waals surface area contributed by atoms with Crippen molar-refractivity contribution in [2.45, 2.75) is 19.8 Å². The lowest BCUT2D eigenvalue weighted by Crippen LogP contribution is -2.13. The summed E-state index contributed by atoms with van der Waals surface area (Å²) in [6.07, 6.45) is 6.19. The van der Waals surface area contributed by atoms with Crippen LogP contribution in [0.15, 0.2) is 35.1 Å². The Morgan fingerprint density at radius 1 is 1.35 bits per heavy atom. The van der Waals surface area contributed by atoms with Gasteiger partial charge in [-0.25, -0.2) is 5.43 Å². The number of carbonyl (C=O) groups excluding carboxylic acids is 1. The number of benzene rings is 1. The van der Waals surface area contributed by atoms with Gasteiger partial charge in [-0.3, -0.25) is 4.79 Å². The van der Waals surface area contributed by atoms with E-state index >= 15 is 0 Å². The van der Waals surface area contributed by atoms with Crippen molar-refractivity contribution in [2.24, 2.45) is 11.0 Å². The molecular formula is C16H15N3O. The molecule has 1 aliphatic carbocycles. The molecule has 1 aromatic heterocycles. The van der Waals surface area contributed by atoms with Gasteiger partial charge in [0.25, 0.3) is 5.91 Å². The third kappa shape index (κ3) is 1.68. The van der Waals surface area contributed by atoms with E-state index in [0.717, 1.165) is 40.6 Å². The molecular weight excluding hydrogens is 250 g/mol. The summed E-state index contributed by atoms with van der Waals surface area (Å²) in [5.74, 6) is 0.376. The first-order valence-corrected chi connectivity index (χ1v) is 6.91. The van der Waals surface area contributed by atoms with Gasteiger partial charge in [-0.15, -0.1) is 0 Å². The number of fused-ring (bicyclic) bond motifs is 1. The summed E-state index contributed by atoms with van der Waals surface area (Å²) in [4.78, 5) is 15.2. The van der Waals surface area contributed by atoms with E-state index in [1.54, 1.807) is 0 Å². The van der Waals surface area contributed by atoms with E-state index in [0.29, 0.717) is 5.92 Å². The lowest BCUT2D eigenvalue weighted by Gasteiger charge is -1.99. The maximum atomic E-state index is 11.9. The SMILES string of the molecule is Cc1cccc2c(/C=C3\C(=O)NN=C3C3CC3)c[nH]c12. The number of amides is 1. The van der Waals surface area contributed by atoms with Crippen LogP contribution in [0.4, 0.5) is 0 Å². The van der Waals surface area contributed by atoms with Crippen LogP contribution in [0.25, 0.3) is 17.0 Å². The monoisotopic (exact) mass is 265 g/mol. The number of hydrazone groups is 1. The highest BCUT2D eigenvalue weighted by Gasteiger charge is 2.35. The standard InChI is InChI=1S/C16H15N3O/c1-9-3-2-4-12-11(8-17-14(9)12)7-13-15(10-5-6-10)18-19-16(13)20/h2-4,7-8,10,17H,5-6H2,1H3,(H,19,20)/b13-7-. The molecule has 2 N–H and O–H groups in total. The predicted octanol–water partition coefficient (Wildman–Crippen LogP) is 2.76. The average Bonchev–Trinajstić information content (AvgIpc) is 3.10. The third-order valence-electron chi connectivity index (χ3n) is 4.02. The summed E-state index contributed by atoms with van der Waals surface area (Å²) in [6, 6.07) is 6.19. The van der Waals surface area contributed by atoms with E-state index < -0.39 is 0 Å². The molecule has 0 saturated heterocycles. The molecule has 1 aromatic carbocycles. The molecule has 4 rings (SSSR count). The lowest BCUT2D eigenvalue weighted by atomic mass is 10.0. The van der Waals surface area contributed by atoms with Crippen molar-refractivity contribution in [3.63, 3.8) is 0 Å². The highest BCUT2D eigenvalue weighted by molar-refractivity contribution is 6.29. The summed E-state index contributed by atoms with van der Waals surface area (Å²) in [6.45, 7) is 2.08. The molecule has 0 radical (unpaired) electrons. The molecule has 2 aliphatic rings. The summed E-state index contributed by atoms with van der Waals surface area (Å²) in [7, 11) is 0. The minimum absolute atomic E-state index is 0.0890. The first kappa shape index (κ1) is 11.5.